The summed E-state index contributed by atoms with van der Waals surface area (Å²) in [6, 6.07) is 5.30. The van der Waals surface area contributed by atoms with Gasteiger partial charge in [-0.25, -0.2) is 0 Å². The SMILES string of the molecule is COc1cc(NC(=O)CN2CC(C)OC(C)C2)cc(OC)c1. The Morgan fingerprint density at radius 3 is 2.23 bits per heavy atom. The highest BCUT2D eigenvalue weighted by atomic mass is 16.5. The lowest BCUT2D eigenvalue weighted by molar-refractivity contribution is -0.121. The van der Waals surface area contributed by atoms with Crippen molar-refractivity contribution < 1.29 is 19.0 Å². The fourth-order valence-corrected chi connectivity index (χ4v) is 2.70. The van der Waals surface area contributed by atoms with E-state index in [0.29, 0.717) is 23.7 Å². The lowest BCUT2D eigenvalue weighted by Gasteiger charge is -2.34. The van der Waals surface area contributed by atoms with E-state index in [1.807, 2.05) is 13.8 Å². The Hall–Kier alpha value is -1.79. The Morgan fingerprint density at radius 1 is 1.18 bits per heavy atom. The van der Waals surface area contributed by atoms with Crippen molar-refractivity contribution in [1.82, 2.24) is 4.90 Å². The number of ether oxygens (including phenoxy) is 3. The highest BCUT2D eigenvalue weighted by Crippen LogP contribution is 2.25. The number of carbonyl (C=O) groups is 1. The van der Waals surface area contributed by atoms with Crippen LogP contribution in [0, 0.1) is 0 Å². The lowest BCUT2D eigenvalue weighted by atomic mass is 10.2. The largest absolute Gasteiger partial charge is 0.497 e. The molecule has 1 heterocycles. The Morgan fingerprint density at radius 2 is 1.73 bits per heavy atom. The molecule has 1 fully saturated rings. The molecule has 0 radical (unpaired) electrons. The molecule has 6 heteroatoms. The van der Waals surface area contributed by atoms with Gasteiger partial charge in [0.2, 0.25) is 5.91 Å². The van der Waals surface area contributed by atoms with Crippen LogP contribution in [-0.4, -0.2) is 56.9 Å². The third-order valence-electron chi connectivity index (χ3n) is 3.50. The van der Waals surface area contributed by atoms with E-state index < -0.39 is 0 Å². The summed E-state index contributed by atoms with van der Waals surface area (Å²) in [6.07, 6.45) is 0.293. The first-order valence-corrected chi connectivity index (χ1v) is 7.41. The fourth-order valence-electron chi connectivity index (χ4n) is 2.70. The normalized spacial score (nSPS) is 22.2. The van der Waals surface area contributed by atoms with Crippen LogP contribution in [-0.2, 0) is 9.53 Å². The molecule has 22 heavy (non-hydrogen) atoms. The van der Waals surface area contributed by atoms with E-state index in [1.54, 1.807) is 32.4 Å². The molecule has 0 aliphatic carbocycles. The van der Waals surface area contributed by atoms with Gasteiger partial charge < -0.3 is 19.5 Å². The number of carbonyl (C=O) groups excluding carboxylic acids is 1. The summed E-state index contributed by atoms with van der Waals surface area (Å²) >= 11 is 0. The number of methoxy groups -OCH3 is 2. The molecule has 2 rings (SSSR count). The van der Waals surface area contributed by atoms with E-state index >= 15 is 0 Å². The third-order valence-corrected chi connectivity index (χ3v) is 3.50. The van der Waals surface area contributed by atoms with Gasteiger partial charge in [-0.2, -0.15) is 0 Å². The van der Waals surface area contributed by atoms with Gasteiger partial charge in [0.25, 0.3) is 0 Å². The molecule has 2 atom stereocenters. The molecule has 1 N–H and O–H groups in total. The van der Waals surface area contributed by atoms with Crippen LogP contribution < -0.4 is 14.8 Å². The zero-order chi connectivity index (χ0) is 16.1. The number of morpholine rings is 1. The van der Waals surface area contributed by atoms with Gasteiger partial charge in [-0.15, -0.1) is 0 Å². The molecule has 1 aliphatic rings. The van der Waals surface area contributed by atoms with Gasteiger partial charge >= 0.3 is 0 Å². The van der Waals surface area contributed by atoms with Crippen LogP contribution in [0.15, 0.2) is 18.2 Å². The van der Waals surface area contributed by atoms with Crippen LogP contribution in [0.1, 0.15) is 13.8 Å². The molecule has 1 saturated heterocycles. The predicted octanol–water partition coefficient (Wildman–Crippen LogP) is 1.75. The maximum absolute atomic E-state index is 12.2. The minimum Gasteiger partial charge on any atom is -0.497 e. The number of anilines is 1. The Labute approximate surface area is 131 Å². The van der Waals surface area contributed by atoms with Gasteiger partial charge in [0.15, 0.2) is 0 Å². The topological polar surface area (TPSA) is 60.0 Å². The Balaban J connectivity index is 1.96. The van der Waals surface area contributed by atoms with Gasteiger partial charge in [-0.05, 0) is 13.8 Å². The van der Waals surface area contributed by atoms with Gasteiger partial charge in [0.1, 0.15) is 11.5 Å². The summed E-state index contributed by atoms with van der Waals surface area (Å²) in [4.78, 5) is 14.3. The molecule has 0 bridgehead atoms. The van der Waals surface area contributed by atoms with E-state index in [-0.39, 0.29) is 18.1 Å². The number of amides is 1. The minimum atomic E-state index is -0.0587. The molecule has 0 aromatic heterocycles. The van der Waals surface area contributed by atoms with Crippen molar-refractivity contribution in [3.05, 3.63) is 18.2 Å². The maximum atomic E-state index is 12.2. The standard InChI is InChI=1S/C16H24N2O4/c1-11-8-18(9-12(2)22-11)10-16(19)17-13-5-14(20-3)7-15(6-13)21-4/h5-7,11-12H,8-10H2,1-4H3,(H,17,19). The monoisotopic (exact) mass is 308 g/mol. The molecule has 0 spiro atoms. The van der Waals surface area contributed by atoms with Gasteiger partial charge in [-0.1, -0.05) is 0 Å². The molecular formula is C16H24N2O4. The van der Waals surface area contributed by atoms with Crippen LogP contribution >= 0.6 is 0 Å². The van der Waals surface area contributed by atoms with Crippen LogP contribution in [0.25, 0.3) is 0 Å². The van der Waals surface area contributed by atoms with Crippen LogP contribution in [0.5, 0.6) is 11.5 Å². The number of benzene rings is 1. The van der Waals surface area contributed by atoms with Crippen molar-refractivity contribution >= 4 is 11.6 Å². The van der Waals surface area contributed by atoms with E-state index in [0.717, 1.165) is 13.1 Å². The van der Waals surface area contributed by atoms with Crippen molar-refractivity contribution in [2.75, 3.05) is 39.2 Å². The first-order chi connectivity index (χ1) is 10.5. The number of hydrogen-bond donors (Lipinski definition) is 1. The van der Waals surface area contributed by atoms with Crippen molar-refractivity contribution in [3.63, 3.8) is 0 Å². The predicted molar refractivity (Wildman–Crippen MR) is 84.6 cm³/mol. The number of hydrogen-bond acceptors (Lipinski definition) is 5. The lowest BCUT2D eigenvalue weighted by Crippen LogP contribution is -2.48. The number of rotatable bonds is 5. The molecule has 0 saturated carbocycles. The Kier molecular flexibility index (Phi) is 5.63. The van der Waals surface area contributed by atoms with Gasteiger partial charge in [0, 0.05) is 37.0 Å². The second-order valence-corrected chi connectivity index (χ2v) is 5.60. The first-order valence-electron chi connectivity index (χ1n) is 7.41. The van der Waals surface area contributed by atoms with Crippen molar-refractivity contribution in [2.45, 2.75) is 26.1 Å². The fraction of sp³-hybridized carbons (Fsp3) is 0.562. The summed E-state index contributed by atoms with van der Waals surface area (Å²) in [5.41, 5.74) is 0.663. The van der Waals surface area contributed by atoms with E-state index in [2.05, 4.69) is 10.2 Å². The average Bonchev–Trinajstić information content (AvgIpc) is 2.45. The average molecular weight is 308 g/mol. The summed E-state index contributed by atoms with van der Waals surface area (Å²) in [5.74, 6) is 1.23. The highest BCUT2D eigenvalue weighted by Gasteiger charge is 2.23. The minimum absolute atomic E-state index is 0.0587. The molecule has 1 amide bonds. The molecule has 1 aliphatic heterocycles. The van der Waals surface area contributed by atoms with Crippen LogP contribution in [0.4, 0.5) is 5.69 Å². The molecular weight excluding hydrogens is 284 g/mol. The second-order valence-electron chi connectivity index (χ2n) is 5.60. The van der Waals surface area contributed by atoms with Crippen molar-refractivity contribution in [1.29, 1.82) is 0 Å². The van der Waals surface area contributed by atoms with Crippen molar-refractivity contribution in [2.24, 2.45) is 0 Å². The van der Waals surface area contributed by atoms with Crippen LogP contribution in [0.3, 0.4) is 0 Å². The summed E-state index contributed by atoms with van der Waals surface area (Å²) in [5, 5.41) is 2.89. The summed E-state index contributed by atoms with van der Waals surface area (Å²) in [7, 11) is 3.16. The summed E-state index contributed by atoms with van der Waals surface area (Å²) < 4.78 is 16.1. The molecule has 1 aromatic rings. The molecule has 2 unspecified atom stereocenters. The zero-order valence-corrected chi connectivity index (χ0v) is 13.6. The van der Waals surface area contributed by atoms with E-state index in [1.165, 1.54) is 0 Å². The quantitative estimate of drug-likeness (QED) is 0.898. The van der Waals surface area contributed by atoms with E-state index in [4.69, 9.17) is 14.2 Å². The maximum Gasteiger partial charge on any atom is 0.238 e. The third kappa shape index (κ3) is 4.61. The number of nitrogens with zero attached hydrogens (tertiary/aromatic N) is 1. The van der Waals surface area contributed by atoms with Gasteiger partial charge in [0.05, 0.1) is 33.0 Å². The molecule has 122 valence electrons. The summed E-state index contributed by atoms with van der Waals surface area (Å²) in [6.45, 7) is 5.91. The van der Waals surface area contributed by atoms with Crippen LogP contribution in [0.2, 0.25) is 0 Å². The Bertz CT molecular complexity index is 489. The number of nitrogens with one attached hydrogen (secondary N) is 1. The first kappa shape index (κ1) is 16.6. The molecule has 6 nitrogen and oxygen atoms in total. The van der Waals surface area contributed by atoms with Crippen molar-refractivity contribution in [3.8, 4) is 11.5 Å². The van der Waals surface area contributed by atoms with E-state index in [9.17, 15) is 4.79 Å². The highest BCUT2D eigenvalue weighted by molar-refractivity contribution is 5.92. The van der Waals surface area contributed by atoms with Gasteiger partial charge in [-0.3, -0.25) is 9.69 Å². The zero-order valence-electron chi connectivity index (χ0n) is 13.6. The smallest absolute Gasteiger partial charge is 0.238 e. The molecule has 1 aromatic carbocycles. The second kappa shape index (κ2) is 7.47.